The van der Waals surface area contributed by atoms with E-state index in [1.54, 1.807) is 0 Å². The van der Waals surface area contributed by atoms with E-state index in [4.69, 9.17) is 4.74 Å². The number of hydrogen-bond donors (Lipinski definition) is 1. The maximum atomic E-state index is 5.88. The van der Waals surface area contributed by atoms with E-state index in [9.17, 15) is 0 Å². The van der Waals surface area contributed by atoms with E-state index in [-0.39, 0.29) is 6.10 Å². The molecule has 0 aliphatic carbocycles. The minimum absolute atomic E-state index is 0.237. The first-order valence-corrected chi connectivity index (χ1v) is 8.89. The van der Waals surface area contributed by atoms with Gasteiger partial charge in [-0.05, 0) is 42.2 Å². The number of anilines is 1. The van der Waals surface area contributed by atoms with Crippen molar-refractivity contribution in [1.29, 1.82) is 0 Å². The number of nitrogens with one attached hydrogen (secondary N) is 1. The molecule has 2 heteroatoms. The van der Waals surface area contributed by atoms with E-state index in [0.717, 1.165) is 24.4 Å². The van der Waals surface area contributed by atoms with Crippen LogP contribution in [0.5, 0.6) is 5.75 Å². The highest BCUT2D eigenvalue weighted by Crippen LogP contribution is 2.21. The first kappa shape index (κ1) is 17.1. The highest BCUT2D eigenvalue weighted by atomic mass is 16.5. The predicted octanol–water partition coefficient (Wildman–Crippen LogP) is 6.14. The van der Waals surface area contributed by atoms with Gasteiger partial charge in [0.15, 0.2) is 0 Å². The Labute approximate surface area is 150 Å². The van der Waals surface area contributed by atoms with Crippen LogP contribution in [0.1, 0.15) is 25.8 Å². The van der Waals surface area contributed by atoms with Crippen molar-refractivity contribution in [3.8, 4) is 16.9 Å². The molecular weight excluding hydrogens is 306 g/mol. The van der Waals surface area contributed by atoms with Crippen molar-refractivity contribution in [2.24, 2.45) is 0 Å². The van der Waals surface area contributed by atoms with Gasteiger partial charge in [-0.3, -0.25) is 0 Å². The Morgan fingerprint density at radius 3 is 2.28 bits per heavy atom. The molecule has 0 radical (unpaired) electrons. The lowest BCUT2D eigenvalue weighted by Crippen LogP contribution is -2.09. The third kappa shape index (κ3) is 4.87. The summed E-state index contributed by atoms with van der Waals surface area (Å²) in [6, 6.07) is 27.3. The minimum atomic E-state index is 0.237. The second-order valence-electron chi connectivity index (χ2n) is 6.28. The monoisotopic (exact) mass is 331 g/mol. The summed E-state index contributed by atoms with van der Waals surface area (Å²) in [5, 5.41) is 3.47. The lowest BCUT2D eigenvalue weighted by atomic mass is 10.0. The van der Waals surface area contributed by atoms with Crippen LogP contribution in [0.2, 0.25) is 0 Å². The van der Waals surface area contributed by atoms with Crippen LogP contribution in [-0.4, -0.2) is 6.10 Å². The van der Waals surface area contributed by atoms with E-state index in [1.165, 1.54) is 16.7 Å². The predicted molar refractivity (Wildman–Crippen MR) is 106 cm³/mol. The summed E-state index contributed by atoms with van der Waals surface area (Å²) in [4.78, 5) is 0. The Kier molecular flexibility index (Phi) is 5.73. The Bertz CT molecular complexity index is 781. The van der Waals surface area contributed by atoms with Gasteiger partial charge in [0.05, 0.1) is 6.10 Å². The molecule has 3 aromatic carbocycles. The van der Waals surface area contributed by atoms with E-state index in [0.29, 0.717) is 0 Å². The summed E-state index contributed by atoms with van der Waals surface area (Å²) >= 11 is 0. The Morgan fingerprint density at radius 1 is 0.840 bits per heavy atom. The molecule has 0 amide bonds. The van der Waals surface area contributed by atoms with Gasteiger partial charge >= 0.3 is 0 Å². The summed E-state index contributed by atoms with van der Waals surface area (Å²) in [6.07, 6.45) is 1.24. The first-order chi connectivity index (χ1) is 12.2. The zero-order valence-electron chi connectivity index (χ0n) is 14.9. The number of hydrogen-bond acceptors (Lipinski definition) is 2. The number of benzene rings is 3. The van der Waals surface area contributed by atoms with Crippen molar-refractivity contribution in [3.63, 3.8) is 0 Å². The summed E-state index contributed by atoms with van der Waals surface area (Å²) in [7, 11) is 0. The molecule has 3 aromatic rings. The summed E-state index contributed by atoms with van der Waals surface area (Å²) in [6.45, 7) is 5.02. The molecule has 128 valence electrons. The molecule has 0 saturated heterocycles. The molecule has 0 aliphatic rings. The van der Waals surface area contributed by atoms with E-state index >= 15 is 0 Å². The van der Waals surface area contributed by atoms with Crippen LogP contribution in [0.15, 0.2) is 78.9 Å². The number of ether oxygens (including phenoxy) is 1. The molecule has 0 saturated carbocycles. The van der Waals surface area contributed by atoms with Crippen molar-refractivity contribution in [1.82, 2.24) is 0 Å². The van der Waals surface area contributed by atoms with Gasteiger partial charge in [-0.2, -0.15) is 0 Å². The smallest absolute Gasteiger partial charge is 0.121 e. The van der Waals surface area contributed by atoms with Crippen molar-refractivity contribution >= 4 is 5.69 Å². The second-order valence-corrected chi connectivity index (χ2v) is 6.28. The topological polar surface area (TPSA) is 21.3 Å². The summed E-state index contributed by atoms with van der Waals surface area (Å²) in [5.74, 6) is 0.916. The van der Waals surface area contributed by atoms with E-state index in [1.807, 2.05) is 18.2 Å². The van der Waals surface area contributed by atoms with Crippen LogP contribution in [0.3, 0.4) is 0 Å². The fourth-order valence-corrected chi connectivity index (χ4v) is 2.64. The third-order valence-electron chi connectivity index (χ3n) is 4.30. The van der Waals surface area contributed by atoms with E-state index < -0.39 is 0 Å². The molecule has 1 atom stereocenters. The van der Waals surface area contributed by atoms with Crippen LogP contribution in [0.25, 0.3) is 11.1 Å². The molecular formula is C23H25NO. The molecule has 1 unspecified atom stereocenters. The Balaban J connectivity index is 1.61. The molecule has 0 aliphatic heterocycles. The van der Waals surface area contributed by atoms with Crippen molar-refractivity contribution in [2.75, 3.05) is 5.32 Å². The maximum Gasteiger partial charge on any atom is 0.121 e. The molecule has 0 fully saturated rings. The lowest BCUT2D eigenvalue weighted by Gasteiger charge is -2.14. The zero-order chi connectivity index (χ0) is 17.5. The van der Waals surface area contributed by atoms with Crippen molar-refractivity contribution < 1.29 is 4.74 Å². The molecule has 2 nitrogen and oxygen atoms in total. The molecule has 0 heterocycles. The van der Waals surface area contributed by atoms with Crippen molar-refractivity contribution in [3.05, 3.63) is 84.4 Å². The summed E-state index contributed by atoms with van der Waals surface area (Å²) in [5.41, 5.74) is 4.83. The fourth-order valence-electron chi connectivity index (χ4n) is 2.64. The fraction of sp³-hybridized carbons (Fsp3) is 0.217. The third-order valence-corrected chi connectivity index (χ3v) is 4.30. The number of rotatable bonds is 7. The standard InChI is InChI=1S/C23H25NO/c1-3-18(2)25-23-11-7-10-22(16-23)24-17-19-12-14-21(15-13-19)20-8-5-4-6-9-20/h4-16,18,24H,3,17H2,1-2H3. The van der Waals surface area contributed by atoms with E-state index in [2.05, 4.69) is 79.8 Å². The van der Waals surface area contributed by atoms with Gasteiger partial charge in [0.2, 0.25) is 0 Å². The molecule has 3 rings (SSSR count). The SMILES string of the molecule is CCC(C)Oc1cccc(NCc2ccc(-c3ccccc3)cc2)c1. The highest BCUT2D eigenvalue weighted by molar-refractivity contribution is 5.63. The zero-order valence-corrected chi connectivity index (χ0v) is 14.9. The van der Waals surface area contributed by atoms with Crippen molar-refractivity contribution in [2.45, 2.75) is 32.9 Å². The molecule has 1 N–H and O–H groups in total. The first-order valence-electron chi connectivity index (χ1n) is 8.89. The van der Waals surface area contributed by atoms with Gasteiger partial charge in [-0.25, -0.2) is 0 Å². The van der Waals surface area contributed by atoms with Crippen LogP contribution in [-0.2, 0) is 6.54 Å². The largest absolute Gasteiger partial charge is 0.491 e. The average molecular weight is 331 g/mol. The van der Waals surface area contributed by atoms with Crippen LogP contribution in [0, 0.1) is 0 Å². The molecule has 0 aromatic heterocycles. The van der Waals surface area contributed by atoms with Gasteiger partial charge in [0, 0.05) is 18.3 Å². The minimum Gasteiger partial charge on any atom is -0.491 e. The average Bonchev–Trinajstić information content (AvgIpc) is 2.68. The van der Waals surface area contributed by atoms with Gasteiger partial charge < -0.3 is 10.1 Å². The summed E-state index contributed by atoms with van der Waals surface area (Å²) < 4.78 is 5.88. The normalized spacial score (nSPS) is 11.8. The van der Waals surface area contributed by atoms with Gasteiger partial charge in [0.25, 0.3) is 0 Å². The van der Waals surface area contributed by atoms with Crippen LogP contribution >= 0.6 is 0 Å². The van der Waals surface area contributed by atoms with Gasteiger partial charge in [-0.15, -0.1) is 0 Å². The van der Waals surface area contributed by atoms with Crippen LogP contribution in [0.4, 0.5) is 5.69 Å². The maximum absolute atomic E-state index is 5.88. The molecule has 0 bridgehead atoms. The highest BCUT2D eigenvalue weighted by Gasteiger charge is 2.02. The Morgan fingerprint density at radius 2 is 1.56 bits per heavy atom. The molecule has 0 spiro atoms. The van der Waals surface area contributed by atoms with Gasteiger partial charge in [0.1, 0.15) is 5.75 Å². The Hall–Kier alpha value is -2.74. The van der Waals surface area contributed by atoms with Crippen LogP contribution < -0.4 is 10.1 Å². The lowest BCUT2D eigenvalue weighted by molar-refractivity contribution is 0.217. The second kappa shape index (κ2) is 8.39. The molecule has 25 heavy (non-hydrogen) atoms. The van der Waals surface area contributed by atoms with Gasteiger partial charge in [-0.1, -0.05) is 67.6 Å². The quantitative estimate of drug-likeness (QED) is 0.561.